The Morgan fingerprint density at radius 3 is 1.71 bits per heavy atom. The number of aliphatic hydroxyl groups excluding tert-OH is 1. The van der Waals surface area contributed by atoms with E-state index >= 15 is 0 Å². The Bertz CT molecular complexity index is 213. The topological polar surface area (TPSA) is 20.2 Å². The third kappa shape index (κ3) is 16.7. The predicted octanol–water partition coefficient (Wildman–Crippen LogP) is 1.59. The van der Waals surface area contributed by atoms with Gasteiger partial charge in [-0.25, -0.2) is 0 Å². The summed E-state index contributed by atoms with van der Waals surface area (Å²) < 4.78 is 0.880. The number of quaternary nitrogens is 1. The summed E-state index contributed by atoms with van der Waals surface area (Å²) in [5.41, 5.74) is 0. The molecule has 2 nitrogen and oxygen atoms in total. The van der Waals surface area contributed by atoms with E-state index in [0.29, 0.717) is 5.88 Å². The van der Waals surface area contributed by atoms with E-state index < -0.39 is 0 Å². The Kier molecular flexibility index (Phi) is 17.4. The van der Waals surface area contributed by atoms with E-state index in [-0.39, 0.29) is 18.5 Å². The monoisotopic (exact) mass is 341 g/mol. The second-order valence-corrected chi connectivity index (χ2v) is 7.14. The highest BCUT2D eigenvalue weighted by atomic mass is 35.5. The van der Waals surface area contributed by atoms with Crippen molar-refractivity contribution in [2.45, 2.75) is 77.2 Å². The van der Waals surface area contributed by atoms with Gasteiger partial charge in [0.15, 0.2) is 0 Å². The normalized spacial score (nSPS) is 13.0. The third-order valence-corrected chi connectivity index (χ3v) is 4.36. The van der Waals surface area contributed by atoms with Crippen molar-refractivity contribution in [2.75, 3.05) is 33.1 Å². The predicted molar refractivity (Wildman–Crippen MR) is 90.4 cm³/mol. The van der Waals surface area contributed by atoms with Crippen molar-refractivity contribution < 1.29 is 22.0 Å². The minimum absolute atomic E-state index is 0. The van der Waals surface area contributed by atoms with Crippen molar-refractivity contribution in [3.63, 3.8) is 0 Å². The number of aliphatic hydroxyl groups is 1. The zero-order valence-corrected chi connectivity index (χ0v) is 15.9. The number of hydrogen-bond donors (Lipinski definition) is 1. The summed E-state index contributed by atoms with van der Waals surface area (Å²) in [5.74, 6) is 0.347. The molecule has 0 saturated heterocycles. The highest BCUT2D eigenvalue weighted by Gasteiger charge is 2.19. The van der Waals surface area contributed by atoms with Crippen molar-refractivity contribution in [1.29, 1.82) is 0 Å². The molecular weight excluding hydrogens is 305 g/mol. The van der Waals surface area contributed by atoms with Crippen LogP contribution in [0, 0.1) is 0 Å². The lowest BCUT2D eigenvalue weighted by molar-refractivity contribution is -0.893. The first-order valence-corrected chi connectivity index (χ1v) is 9.11. The lowest BCUT2D eigenvalue weighted by Crippen LogP contribution is -3.00. The van der Waals surface area contributed by atoms with Gasteiger partial charge in [-0.15, -0.1) is 11.6 Å². The van der Waals surface area contributed by atoms with Crippen molar-refractivity contribution in [1.82, 2.24) is 0 Å². The molecular formula is C17H37Cl2NO. The summed E-state index contributed by atoms with van der Waals surface area (Å²) in [6.45, 7) is 4.18. The second-order valence-electron chi connectivity index (χ2n) is 6.83. The van der Waals surface area contributed by atoms with Gasteiger partial charge in [0.25, 0.3) is 0 Å². The quantitative estimate of drug-likeness (QED) is 0.289. The van der Waals surface area contributed by atoms with Gasteiger partial charge < -0.3 is 22.0 Å². The van der Waals surface area contributed by atoms with Crippen LogP contribution < -0.4 is 12.4 Å². The van der Waals surface area contributed by atoms with Gasteiger partial charge in [0, 0.05) is 0 Å². The van der Waals surface area contributed by atoms with Gasteiger partial charge in [0.05, 0.1) is 26.5 Å². The second kappa shape index (κ2) is 15.4. The first-order chi connectivity index (χ1) is 9.52. The Morgan fingerprint density at radius 1 is 0.857 bits per heavy atom. The summed E-state index contributed by atoms with van der Waals surface area (Å²) in [6, 6.07) is 0. The van der Waals surface area contributed by atoms with Crippen molar-refractivity contribution >= 4 is 11.6 Å². The molecule has 0 unspecified atom stereocenters. The number of nitrogens with zero attached hydrogens (tertiary/aromatic N) is 1. The molecule has 4 heteroatoms. The zero-order chi connectivity index (χ0) is 15.3. The maximum atomic E-state index is 9.61. The van der Waals surface area contributed by atoms with Crippen LogP contribution in [-0.2, 0) is 0 Å². The fourth-order valence-electron chi connectivity index (χ4n) is 2.74. The minimum Gasteiger partial charge on any atom is -1.00 e. The first-order valence-electron chi connectivity index (χ1n) is 8.58. The third-order valence-electron chi connectivity index (χ3n) is 4.00. The molecule has 21 heavy (non-hydrogen) atoms. The van der Waals surface area contributed by atoms with Crippen LogP contribution in [-0.4, -0.2) is 48.8 Å². The van der Waals surface area contributed by atoms with E-state index in [4.69, 9.17) is 11.6 Å². The fourth-order valence-corrected chi connectivity index (χ4v) is 2.84. The van der Waals surface area contributed by atoms with E-state index in [1.807, 2.05) is 0 Å². The van der Waals surface area contributed by atoms with E-state index in [1.54, 1.807) is 0 Å². The molecule has 0 aliphatic carbocycles. The average molecular weight is 342 g/mol. The molecule has 0 fully saturated rings. The van der Waals surface area contributed by atoms with Crippen molar-refractivity contribution in [3.8, 4) is 0 Å². The SMILES string of the molecule is CCCCCCCCCCCC[N+](C)(C)C[C@H](O)CCl.[Cl-]. The lowest BCUT2D eigenvalue weighted by Gasteiger charge is -2.31. The van der Waals surface area contributed by atoms with Crippen LogP contribution >= 0.6 is 11.6 Å². The van der Waals surface area contributed by atoms with Crippen LogP contribution in [0.15, 0.2) is 0 Å². The molecule has 130 valence electrons. The molecule has 0 aromatic rings. The number of alkyl halides is 1. The molecule has 0 spiro atoms. The summed E-state index contributed by atoms with van der Waals surface area (Å²) in [4.78, 5) is 0. The average Bonchev–Trinajstić information content (AvgIpc) is 2.40. The van der Waals surface area contributed by atoms with Gasteiger partial charge in [0.2, 0.25) is 0 Å². The molecule has 0 bridgehead atoms. The molecule has 0 aromatic heterocycles. The molecule has 0 heterocycles. The lowest BCUT2D eigenvalue weighted by atomic mass is 10.1. The number of halogens is 2. The van der Waals surface area contributed by atoms with Crippen LogP contribution in [0.25, 0.3) is 0 Å². The van der Waals surface area contributed by atoms with Crippen LogP contribution in [0.1, 0.15) is 71.1 Å². The molecule has 0 rings (SSSR count). The Balaban J connectivity index is 0. The van der Waals surface area contributed by atoms with E-state index in [2.05, 4.69) is 21.0 Å². The maximum Gasteiger partial charge on any atom is 0.116 e. The molecule has 1 atom stereocenters. The highest BCUT2D eigenvalue weighted by molar-refractivity contribution is 6.18. The Hall–Kier alpha value is 0.500. The minimum atomic E-state index is -0.366. The largest absolute Gasteiger partial charge is 1.00 e. The number of likely N-dealkylation sites (N-methyl/N-ethyl adjacent to an activating group) is 1. The van der Waals surface area contributed by atoms with Gasteiger partial charge in [-0.05, 0) is 12.8 Å². The molecule has 1 N–H and O–H groups in total. The standard InChI is InChI=1S/C17H37ClNO.ClH/c1-4-5-6-7-8-9-10-11-12-13-14-19(2,3)16-17(20)15-18;/h17,20H,4-16H2,1-3H3;1H/q+1;/p-1/t17-;/m1./s1. The van der Waals surface area contributed by atoms with Gasteiger partial charge in [-0.1, -0.05) is 58.3 Å². The summed E-state index contributed by atoms with van der Waals surface area (Å²) in [5, 5.41) is 9.61. The highest BCUT2D eigenvalue weighted by Crippen LogP contribution is 2.12. The van der Waals surface area contributed by atoms with Gasteiger partial charge in [-0.2, -0.15) is 0 Å². The molecule has 0 amide bonds. The van der Waals surface area contributed by atoms with Gasteiger partial charge in [0.1, 0.15) is 12.6 Å². The van der Waals surface area contributed by atoms with Crippen LogP contribution in [0.2, 0.25) is 0 Å². The smallest absolute Gasteiger partial charge is 0.116 e. The van der Waals surface area contributed by atoms with E-state index in [1.165, 1.54) is 64.2 Å². The number of hydrogen-bond acceptors (Lipinski definition) is 1. The summed E-state index contributed by atoms with van der Waals surface area (Å²) in [6.07, 6.45) is 13.4. The van der Waals surface area contributed by atoms with E-state index in [9.17, 15) is 5.11 Å². The Labute approximate surface area is 144 Å². The Morgan fingerprint density at radius 2 is 1.29 bits per heavy atom. The number of unbranched alkanes of at least 4 members (excludes halogenated alkanes) is 9. The fraction of sp³-hybridized carbons (Fsp3) is 1.00. The summed E-state index contributed by atoms with van der Waals surface area (Å²) in [7, 11) is 4.37. The molecule has 0 aromatic carbocycles. The van der Waals surface area contributed by atoms with Crippen LogP contribution in [0.3, 0.4) is 0 Å². The van der Waals surface area contributed by atoms with Gasteiger partial charge in [-0.3, -0.25) is 0 Å². The molecule has 0 aliphatic rings. The summed E-state index contributed by atoms with van der Waals surface area (Å²) >= 11 is 5.66. The molecule has 0 radical (unpaired) electrons. The molecule has 0 aliphatic heterocycles. The van der Waals surface area contributed by atoms with Crippen molar-refractivity contribution in [3.05, 3.63) is 0 Å². The van der Waals surface area contributed by atoms with Crippen LogP contribution in [0.5, 0.6) is 0 Å². The number of rotatable bonds is 14. The van der Waals surface area contributed by atoms with Crippen LogP contribution in [0.4, 0.5) is 0 Å². The molecule has 0 saturated carbocycles. The van der Waals surface area contributed by atoms with E-state index in [0.717, 1.165) is 17.6 Å². The van der Waals surface area contributed by atoms with Crippen molar-refractivity contribution in [2.24, 2.45) is 0 Å². The van der Waals surface area contributed by atoms with Gasteiger partial charge >= 0.3 is 0 Å². The maximum absolute atomic E-state index is 9.61. The first kappa shape index (κ1) is 23.8. The zero-order valence-electron chi connectivity index (χ0n) is 14.4.